The summed E-state index contributed by atoms with van der Waals surface area (Å²) in [5, 5.41) is 2.55. The lowest BCUT2D eigenvalue weighted by atomic mass is 10.2. The van der Waals surface area contributed by atoms with Crippen LogP contribution in [0.5, 0.6) is 0 Å². The molecule has 0 aromatic heterocycles. The molecule has 0 saturated heterocycles. The minimum absolute atomic E-state index is 0. The summed E-state index contributed by atoms with van der Waals surface area (Å²) < 4.78 is 24.8. The molecule has 6 nitrogen and oxygen atoms in total. The summed E-state index contributed by atoms with van der Waals surface area (Å²) in [5.74, 6) is -0.967. The van der Waals surface area contributed by atoms with Crippen LogP contribution < -0.4 is 11.1 Å². The van der Waals surface area contributed by atoms with Crippen molar-refractivity contribution in [3.05, 3.63) is 0 Å². The van der Waals surface area contributed by atoms with Crippen LogP contribution in [0.3, 0.4) is 0 Å². The lowest BCUT2D eigenvalue weighted by Gasteiger charge is -2.18. The van der Waals surface area contributed by atoms with Gasteiger partial charge in [0.15, 0.2) is 0 Å². The van der Waals surface area contributed by atoms with Crippen LogP contribution in [-0.4, -0.2) is 50.1 Å². The van der Waals surface area contributed by atoms with Gasteiger partial charge in [0.05, 0.1) is 0 Å². The summed E-state index contributed by atoms with van der Waals surface area (Å²) in [6, 6.07) is -0.00492. The first-order chi connectivity index (χ1) is 7.83. The van der Waals surface area contributed by atoms with Crippen LogP contribution in [0, 0.1) is 0 Å². The zero-order chi connectivity index (χ0) is 13.5. The zero-order valence-electron chi connectivity index (χ0n) is 11.2. The highest BCUT2D eigenvalue weighted by Gasteiger charge is 2.22. The molecule has 0 heterocycles. The van der Waals surface area contributed by atoms with Crippen molar-refractivity contribution in [2.75, 3.05) is 25.4 Å². The number of nitrogens with one attached hydrogen (secondary N) is 1. The van der Waals surface area contributed by atoms with Crippen molar-refractivity contribution in [1.29, 1.82) is 0 Å². The largest absolute Gasteiger partial charge is 0.355 e. The van der Waals surface area contributed by atoms with Crippen LogP contribution in [0.1, 0.15) is 27.2 Å². The number of amides is 1. The smallest absolute Gasteiger partial charge is 0.236 e. The van der Waals surface area contributed by atoms with Gasteiger partial charge >= 0.3 is 0 Å². The molecule has 0 rings (SSSR count). The minimum atomic E-state index is -3.48. The number of carbonyl (C=O) groups excluding carboxylic acids is 1. The van der Waals surface area contributed by atoms with Gasteiger partial charge in [-0.3, -0.25) is 4.79 Å². The quantitative estimate of drug-likeness (QED) is 0.656. The summed E-state index contributed by atoms with van der Waals surface area (Å²) in [6.07, 6.45) is 0.636. The fourth-order valence-corrected chi connectivity index (χ4v) is 2.77. The lowest BCUT2D eigenvalue weighted by Crippen LogP contribution is -2.40. The first kappa shape index (κ1) is 20.0. The molecule has 0 radical (unpaired) electrons. The predicted molar refractivity (Wildman–Crippen MR) is 75.2 cm³/mol. The molecule has 0 aliphatic carbocycles. The zero-order valence-corrected chi connectivity index (χ0v) is 12.8. The van der Waals surface area contributed by atoms with Crippen molar-refractivity contribution in [2.24, 2.45) is 5.73 Å². The van der Waals surface area contributed by atoms with E-state index in [0.29, 0.717) is 26.1 Å². The molecule has 0 aliphatic rings. The fraction of sp³-hybridized carbons (Fsp3) is 0.900. The van der Waals surface area contributed by atoms with Gasteiger partial charge in [-0.05, 0) is 13.3 Å². The van der Waals surface area contributed by atoms with Gasteiger partial charge in [0.1, 0.15) is 5.75 Å². The van der Waals surface area contributed by atoms with E-state index in [1.54, 1.807) is 13.8 Å². The Labute approximate surface area is 116 Å². The number of nitrogens with two attached hydrogens (primary N) is 1. The van der Waals surface area contributed by atoms with Crippen LogP contribution in [0.4, 0.5) is 0 Å². The van der Waals surface area contributed by atoms with Crippen molar-refractivity contribution in [1.82, 2.24) is 9.62 Å². The van der Waals surface area contributed by atoms with E-state index >= 15 is 0 Å². The van der Waals surface area contributed by atoms with Gasteiger partial charge in [-0.2, -0.15) is 0 Å². The molecule has 0 aromatic carbocycles. The number of carbonyl (C=O) groups is 1. The summed E-state index contributed by atoms with van der Waals surface area (Å²) in [7, 11) is -3.48. The Hall–Kier alpha value is -0.370. The number of hydrogen-bond acceptors (Lipinski definition) is 4. The SMILES string of the molecule is CCN(CC)S(=O)(=O)CC(=O)NCCC(C)N.Cl. The average Bonchev–Trinajstić information content (AvgIpc) is 2.17. The second kappa shape index (κ2) is 9.55. The molecule has 0 spiro atoms. The Kier molecular flexibility index (Phi) is 10.6. The highest BCUT2D eigenvalue weighted by molar-refractivity contribution is 7.89. The first-order valence-corrected chi connectivity index (χ1v) is 7.44. The van der Waals surface area contributed by atoms with Gasteiger partial charge in [0, 0.05) is 25.7 Å². The Morgan fingerprint density at radius 3 is 2.22 bits per heavy atom. The molecule has 0 aliphatic heterocycles. The molecule has 1 amide bonds. The van der Waals surface area contributed by atoms with Crippen LogP contribution in [-0.2, 0) is 14.8 Å². The van der Waals surface area contributed by atoms with E-state index < -0.39 is 21.7 Å². The second-order valence-electron chi connectivity index (χ2n) is 3.96. The van der Waals surface area contributed by atoms with Gasteiger partial charge in [0.2, 0.25) is 15.9 Å². The molecular formula is C10H24ClN3O3S. The monoisotopic (exact) mass is 301 g/mol. The fourth-order valence-electron chi connectivity index (χ4n) is 1.36. The molecule has 0 bridgehead atoms. The predicted octanol–water partition coefficient (Wildman–Crippen LogP) is -0.0667. The van der Waals surface area contributed by atoms with Gasteiger partial charge in [-0.1, -0.05) is 13.8 Å². The highest BCUT2D eigenvalue weighted by Crippen LogP contribution is 2.00. The van der Waals surface area contributed by atoms with E-state index in [4.69, 9.17) is 5.73 Å². The van der Waals surface area contributed by atoms with Gasteiger partial charge in [-0.15, -0.1) is 12.4 Å². The van der Waals surface area contributed by atoms with Crippen LogP contribution in [0.15, 0.2) is 0 Å². The molecule has 110 valence electrons. The Morgan fingerprint density at radius 2 is 1.83 bits per heavy atom. The number of nitrogens with zero attached hydrogens (tertiary/aromatic N) is 1. The van der Waals surface area contributed by atoms with E-state index in [0.717, 1.165) is 0 Å². The Bertz CT molecular complexity index is 329. The standard InChI is InChI=1S/C10H23N3O3S.ClH/c1-4-13(5-2)17(15,16)8-10(14)12-7-6-9(3)11;/h9H,4-8,11H2,1-3H3,(H,12,14);1H. The van der Waals surface area contributed by atoms with E-state index in [-0.39, 0.29) is 18.4 Å². The summed E-state index contributed by atoms with van der Waals surface area (Å²) in [6.45, 7) is 6.49. The highest BCUT2D eigenvalue weighted by atomic mass is 35.5. The van der Waals surface area contributed by atoms with Crippen LogP contribution in [0.2, 0.25) is 0 Å². The van der Waals surface area contributed by atoms with E-state index in [9.17, 15) is 13.2 Å². The maximum Gasteiger partial charge on any atom is 0.236 e. The van der Waals surface area contributed by atoms with Gasteiger partial charge < -0.3 is 11.1 Å². The normalized spacial score (nSPS) is 12.9. The Morgan fingerprint density at radius 1 is 1.33 bits per heavy atom. The van der Waals surface area contributed by atoms with E-state index in [1.807, 2.05) is 6.92 Å². The van der Waals surface area contributed by atoms with Crippen LogP contribution >= 0.6 is 12.4 Å². The third-order valence-electron chi connectivity index (χ3n) is 2.33. The molecule has 0 aromatic rings. The summed E-state index contributed by atoms with van der Waals surface area (Å²) in [4.78, 5) is 11.4. The third kappa shape index (κ3) is 7.86. The third-order valence-corrected chi connectivity index (χ3v) is 4.26. The van der Waals surface area contributed by atoms with Crippen molar-refractivity contribution >= 4 is 28.3 Å². The molecule has 8 heteroatoms. The number of hydrogen-bond donors (Lipinski definition) is 2. The molecule has 0 saturated carbocycles. The summed E-state index contributed by atoms with van der Waals surface area (Å²) >= 11 is 0. The Balaban J connectivity index is 0. The molecule has 3 N–H and O–H groups in total. The maximum atomic E-state index is 11.7. The van der Waals surface area contributed by atoms with E-state index in [2.05, 4.69) is 5.32 Å². The number of halogens is 1. The van der Waals surface area contributed by atoms with Gasteiger partial charge in [0.25, 0.3) is 0 Å². The lowest BCUT2D eigenvalue weighted by molar-refractivity contribution is -0.118. The first-order valence-electron chi connectivity index (χ1n) is 5.83. The van der Waals surface area contributed by atoms with Gasteiger partial charge in [-0.25, -0.2) is 12.7 Å². The molecule has 0 fully saturated rings. The van der Waals surface area contributed by atoms with Crippen molar-refractivity contribution < 1.29 is 13.2 Å². The molecule has 1 unspecified atom stereocenters. The van der Waals surface area contributed by atoms with Crippen LogP contribution in [0.25, 0.3) is 0 Å². The average molecular weight is 302 g/mol. The maximum absolute atomic E-state index is 11.7. The van der Waals surface area contributed by atoms with Crippen molar-refractivity contribution in [3.8, 4) is 0 Å². The molecule has 1 atom stereocenters. The minimum Gasteiger partial charge on any atom is -0.355 e. The topological polar surface area (TPSA) is 92.5 Å². The molecular weight excluding hydrogens is 278 g/mol. The number of sulfonamides is 1. The molecule has 18 heavy (non-hydrogen) atoms. The van der Waals surface area contributed by atoms with Crippen molar-refractivity contribution in [3.63, 3.8) is 0 Å². The summed E-state index contributed by atoms with van der Waals surface area (Å²) in [5.41, 5.74) is 5.52. The van der Waals surface area contributed by atoms with Crippen molar-refractivity contribution in [2.45, 2.75) is 33.2 Å². The number of rotatable bonds is 8. The van der Waals surface area contributed by atoms with E-state index in [1.165, 1.54) is 4.31 Å². The second-order valence-corrected chi connectivity index (χ2v) is 5.93.